The topological polar surface area (TPSA) is 30.2 Å². The Labute approximate surface area is 96.0 Å². The zero-order chi connectivity index (χ0) is 10.8. The summed E-state index contributed by atoms with van der Waals surface area (Å²) in [7, 11) is 0. The van der Waals surface area contributed by atoms with Crippen LogP contribution >= 0.6 is 15.9 Å². The van der Waals surface area contributed by atoms with Crippen LogP contribution in [0.2, 0.25) is 0 Å². The molecule has 15 heavy (non-hydrogen) atoms. The van der Waals surface area contributed by atoms with Crippen molar-refractivity contribution in [1.82, 2.24) is 0 Å². The third-order valence-electron chi connectivity index (χ3n) is 2.18. The second-order valence-corrected chi connectivity index (χ2v) is 4.18. The third kappa shape index (κ3) is 2.02. The van der Waals surface area contributed by atoms with E-state index >= 15 is 0 Å². The molecule has 0 aliphatic rings. The Morgan fingerprint density at radius 1 is 1.33 bits per heavy atom. The number of carbonyl (C=O) groups is 1. The summed E-state index contributed by atoms with van der Waals surface area (Å²) in [6.45, 7) is 1.90. The second kappa shape index (κ2) is 4.03. The quantitative estimate of drug-likeness (QED) is 0.777. The zero-order valence-corrected chi connectivity index (χ0v) is 9.74. The van der Waals surface area contributed by atoms with Crippen LogP contribution in [0.25, 0.3) is 0 Å². The minimum atomic E-state index is -0.0787. The first kappa shape index (κ1) is 10.2. The highest BCUT2D eigenvalue weighted by atomic mass is 79.9. The SMILES string of the molecule is Cc1cc(Br)ccc1C(=O)c1ccco1. The number of hydrogen-bond donors (Lipinski definition) is 0. The van der Waals surface area contributed by atoms with E-state index in [1.807, 2.05) is 19.1 Å². The molecule has 0 atom stereocenters. The summed E-state index contributed by atoms with van der Waals surface area (Å²) in [5.41, 5.74) is 1.61. The normalized spacial score (nSPS) is 10.3. The Morgan fingerprint density at radius 3 is 2.73 bits per heavy atom. The molecule has 0 aliphatic carbocycles. The molecule has 1 aromatic heterocycles. The van der Waals surface area contributed by atoms with Gasteiger partial charge in [-0.2, -0.15) is 0 Å². The molecule has 1 heterocycles. The Hall–Kier alpha value is -1.35. The fraction of sp³-hybridized carbons (Fsp3) is 0.0833. The molecule has 2 rings (SSSR count). The van der Waals surface area contributed by atoms with Crippen molar-refractivity contribution in [2.75, 3.05) is 0 Å². The Morgan fingerprint density at radius 2 is 2.13 bits per heavy atom. The molecule has 0 unspecified atom stereocenters. The predicted octanol–water partition coefficient (Wildman–Crippen LogP) is 3.58. The molecule has 0 fully saturated rings. The molecule has 2 nitrogen and oxygen atoms in total. The fourth-order valence-corrected chi connectivity index (χ4v) is 1.90. The summed E-state index contributed by atoms with van der Waals surface area (Å²) in [6.07, 6.45) is 1.50. The molecule has 0 amide bonds. The highest BCUT2D eigenvalue weighted by Gasteiger charge is 2.13. The highest BCUT2D eigenvalue weighted by molar-refractivity contribution is 9.10. The molecule has 76 valence electrons. The molecule has 0 radical (unpaired) electrons. The zero-order valence-electron chi connectivity index (χ0n) is 8.16. The summed E-state index contributed by atoms with van der Waals surface area (Å²) in [6, 6.07) is 8.94. The van der Waals surface area contributed by atoms with Crippen LogP contribution in [-0.2, 0) is 0 Å². The Kier molecular flexibility index (Phi) is 2.73. The van der Waals surface area contributed by atoms with E-state index in [9.17, 15) is 4.79 Å². The Balaban J connectivity index is 2.42. The van der Waals surface area contributed by atoms with Crippen LogP contribution in [0.4, 0.5) is 0 Å². The van der Waals surface area contributed by atoms with Crippen molar-refractivity contribution < 1.29 is 9.21 Å². The lowest BCUT2D eigenvalue weighted by Crippen LogP contribution is -2.01. The molecule has 0 saturated carbocycles. The van der Waals surface area contributed by atoms with Crippen LogP contribution < -0.4 is 0 Å². The maximum absolute atomic E-state index is 11.9. The molecule has 0 saturated heterocycles. The molecule has 0 spiro atoms. The average Bonchev–Trinajstić information content (AvgIpc) is 2.69. The van der Waals surface area contributed by atoms with Gasteiger partial charge < -0.3 is 4.42 Å². The summed E-state index contributed by atoms with van der Waals surface area (Å²) in [5, 5.41) is 0. The minimum Gasteiger partial charge on any atom is -0.461 e. The van der Waals surface area contributed by atoms with Crippen LogP contribution in [0.15, 0.2) is 45.5 Å². The Bertz CT molecular complexity index is 486. The average molecular weight is 265 g/mol. The summed E-state index contributed by atoms with van der Waals surface area (Å²) >= 11 is 3.36. The number of ketones is 1. The largest absolute Gasteiger partial charge is 0.461 e. The number of aryl methyl sites for hydroxylation is 1. The molecule has 1 aromatic carbocycles. The highest BCUT2D eigenvalue weighted by Crippen LogP contribution is 2.19. The molecular weight excluding hydrogens is 256 g/mol. The van der Waals surface area contributed by atoms with E-state index < -0.39 is 0 Å². The maximum atomic E-state index is 11.9. The lowest BCUT2D eigenvalue weighted by molar-refractivity contribution is 0.101. The number of carbonyl (C=O) groups excluding carboxylic acids is 1. The fourth-order valence-electron chi connectivity index (χ4n) is 1.42. The lowest BCUT2D eigenvalue weighted by Gasteiger charge is -2.02. The van der Waals surface area contributed by atoms with E-state index in [0.29, 0.717) is 11.3 Å². The van der Waals surface area contributed by atoms with Gasteiger partial charge in [0.2, 0.25) is 5.78 Å². The number of benzene rings is 1. The summed E-state index contributed by atoms with van der Waals surface area (Å²) in [4.78, 5) is 11.9. The lowest BCUT2D eigenvalue weighted by atomic mass is 10.0. The molecule has 0 N–H and O–H groups in total. The van der Waals surface area contributed by atoms with Gasteiger partial charge in [-0.25, -0.2) is 0 Å². The van der Waals surface area contributed by atoms with E-state index in [4.69, 9.17) is 4.42 Å². The van der Waals surface area contributed by atoms with Gasteiger partial charge in [-0.15, -0.1) is 0 Å². The van der Waals surface area contributed by atoms with Gasteiger partial charge in [0, 0.05) is 10.0 Å². The predicted molar refractivity (Wildman–Crippen MR) is 61.0 cm³/mol. The van der Waals surface area contributed by atoms with E-state index in [1.54, 1.807) is 18.2 Å². The molecule has 0 aliphatic heterocycles. The summed E-state index contributed by atoms with van der Waals surface area (Å²) < 4.78 is 6.04. The van der Waals surface area contributed by atoms with E-state index in [2.05, 4.69) is 15.9 Å². The monoisotopic (exact) mass is 264 g/mol. The first-order valence-corrected chi connectivity index (χ1v) is 5.32. The molecule has 3 heteroatoms. The van der Waals surface area contributed by atoms with Crippen molar-refractivity contribution in [2.24, 2.45) is 0 Å². The van der Waals surface area contributed by atoms with Gasteiger partial charge in [0.15, 0.2) is 5.76 Å². The van der Waals surface area contributed by atoms with Gasteiger partial charge in [0.25, 0.3) is 0 Å². The van der Waals surface area contributed by atoms with E-state index in [0.717, 1.165) is 10.0 Å². The van der Waals surface area contributed by atoms with Gasteiger partial charge in [-0.05, 0) is 42.8 Å². The van der Waals surface area contributed by atoms with Crippen LogP contribution in [0.3, 0.4) is 0 Å². The number of halogens is 1. The van der Waals surface area contributed by atoms with E-state index in [1.165, 1.54) is 6.26 Å². The van der Waals surface area contributed by atoms with Gasteiger partial charge >= 0.3 is 0 Å². The van der Waals surface area contributed by atoms with E-state index in [-0.39, 0.29) is 5.78 Å². The molecule has 0 bridgehead atoms. The van der Waals surface area contributed by atoms with Gasteiger partial charge in [-0.3, -0.25) is 4.79 Å². The smallest absolute Gasteiger partial charge is 0.228 e. The van der Waals surface area contributed by atoms with Gasteiger partial charge in [0.05, 0.1) is 6.26 Å². The third-order valence-corrected chi connectivity index (χ3v) is 2.67. The number of rotatable bonds is 2. The summed E-state index contributed by atoms with van der Waals surface area (Å²) in [5.74, 6) is 0.297. The minimum absolute atomic E-state index is 0.0787. The standard InChI is InChI=1S/C12H9BrO2/c1-8-7-9(13)4-5-10(8)12(14)11-3-2-6-15-11/h2-7H,1H3. The van der Waals surface area contributed by atoms with Gasteiger partial charge in [0.1, 0.15) is 0 Å². The molecule has 2 aromatic rings. The van der Waals surface area contributed by atoms with Crippen molar-refractivity contribution in [1.29, 1.82) is 0 Å². The van der Waals surface area contributed by atoms with Crippen molar-refractivity contribution in [3.8, 4) is 0 Å². The van der Waals surface area contributed by atoms with Crippen molar-refractivity contribution in [3.63, 3.8) is 0 Å². The number of furan rings is 1. The second-order valence-electron chi connectivity index (χ2n) is 3.27. The van der Waals surface area contributed by atoms with Crippen LogP contribution in [0, 0.1) is 6.92 Å². The van der Waals surface area contributed by atoms with Crippen LogP contribution in [0.5, 0.6) is 0 Å². The van der Waals surface area contributed by atoms with Crippen molar-refractivity contribution >= 4 is 21.7 Å². The first-order chi connectivity index (χ1) is 7.18. The van der Waals surface area contributed by atoms with Crippen LogP contribution in [-0.4, -0.2) is 5.78 Å². The number of hydrogen-bond acceptors (Lipinski definition) is 2. The van der Waals surface area contributed by atoms with Crippen LogP contribution in [0.1, 0.15) is 21.7 Å². The van der Waals surface area contributed by atoms with Crippen molar-refractivity contribution in [3.05, 3.63) is 58.0 Å². The van der Waals surface area contributed by atoms with Crippen molar-refractivity contribution in [2.45, 2.75) is 6.92 Å². The first-order valence-electron chi connectivity index (χ1n) is 4.53. The maximum Gasteiger partial charge on any atom is 0.228 e. The van der Waals surface area contributed by atoms with Gasteiger partial charge in [-0.1, -0.05) is 15.9 Å². The molecular formula is C12H9BrO2.